The smallest absolute Gasteiger partial charge is 0.266 e. The highest BCUT2D eigenvalue weighted by Gasteiger charge is 2.53. The minimum Gasteiger partial charge on any atom is -0.497 e. The molecule has 1 aliphatic rings. The number of nitrogens with one attached hydrogen (secondary N) is 2. The van der Waals surface area contributed by atoms with E-state index in [1.807, 2.05) is 91.0 Å². The highest BCUT2D eigenvalue weighted by Crippen LogP contribution is 2.44. The first-order valence-corrected chi connectivity index (χ1v) is 15.4. The van der Waals surface area contributed by atoms with Crippen molar-refractivity contribution < 1.29 is 24.1 Å². The third kappa shape index (κ3) is 7.48. The summed E-state index contributed by atoms with van der Waals surface area (Å²) in [5.41, 5.74) is 8.27. The van der Waals surface area contributed by atoms with Crippen molar-refractivity contribution in [3.63, 3.8) is 0 Å². The van der Waals surface area contributed by atoms with Crippen molar-refractivity contribution in [2.75, 3.05) is 26.9 Å². The van der Waals surface area contributed by atoms with Crippen LogP contribution in [0.3, 0.4) is 0 Å². The number of benzene rings is 4. The summed E-state index contributed by atoms with van der Waals surface area (Å²) in [6.45, 7) is 1.02. The van der Waals surface area contributed by atoms with Crippen LogP contribution in [0.1, 0.15) is 34.8 Å². The highest BCUT2D eigenvalue weighted by atomic mass is 79.9. The second-order valence-electron chi connectivity index (χ2n) is 10.5. The topological polar surface area (TPSA) is 101 Å². The number of aliphatic hydroxyl groups excluding tert-OH is 1. The molecule has 8 nitrogen and oxygen atoms in total. The van der Waals surface area contributed by atoms with E-state index in [0.717, 1.165) is 22.0 Å². The molecule has 5 rings (SSSR count). The van der Waals surface area contributed by atoms with Crippen molar-refractivity contribution >= 4 is 27.7 Å². The molecule has 3 N–H and O–H groups in total. The largest absolute Gasteiger partial charge is 0.497 e. The lowest BCUT2D eigenvalue weighted by Crippen LogP contribution is -2.54. The van der Waals surface area contributed by atoms with E-state index in [4.69, 9.17) is 24.3 Å². The summed E-state index contributed by atoms with van der Waals surface area (Å²) in [6.07, 6.45) is 0.811. The van der Waals surface area contributed by atoms with Gasteiger partial charge in [0.05, 0.1) is 13.7 Å². The van der Waals surface area contributed by atoms with E-state index in [2.05, 4.69) is 38.9 Å². The zero-order valence-corrected chi connectivity index (χ0v) is 26.1. The van der Waals surface area contributed by atoms with Crippen LogP contribution in [0.5, 0.6) is 11.5 Å². The second-order valence-corrected chi connectivity index (χ2v) is 11.3. The Hall–Kier alpha value is -4.18. The van der Waals surface area contributed by atoms with Gasteiger partial charge in [0.15, 0.2) is 11.6 Å². The van der Waals surface area contributed by atoms with Crippen molar-refractivity contribution in [3.05, 3.63) is 130 Å². The zero-order valence-electron chi connectivity index (χ0n) is 24.5. The number of methoxy groups -OCH3 is 1. The van der Waals surface area contributed by atoms with Crippen LogP contribution in [-0.4, -0.2) is 49.3 Å². The summed E-state index contributed by atoms with van der Waals surface area (Å²) < 4.78 is 18.7. The number of hydrogen-bond acceptors (Lipinski definition) is 7. The number of hydrazine groups is 1. The Balaban J connectivity index is 1.50. The molecule has 0 aliphatic carbocycles. The molecule has 0 aromatic heterocycles. The van der Waals surface area contributed by atoms with Crippen LogP contribution >= 0.6 is 15.9 Å². The summed E-state index contributed by atoms with van der Waals surface area (Å²) in [5, 5.41) is 9.06. The molecule has 0 unspecified atom stereocenters. The van der Waals surface area contributed by atoms with Crippen molar-refractivity contribution in [2.24, 2.45) is 4.99 Å². The molecule has 228 valence electrons. The van der Waals surface area contributed by atoms with E-state index in [-0.39, 0.29) is 18.9 Å². The molecule has 9 heteroatoms. The van der Waals surface area contributed by atoms with Gasteiger partial charge in [-0.15, -0.1) is 0 Å². The third-order valence-corrected chi connectivity index (χ3v) is 8.20. The van der Waals surface area contributed by atoms with Gasteiger partial charge in [-0.1, -0.05) is 76.6 Å². The fourth-order valence-corrected chi connectivity index (χ4v) is 5.55. The van der Waals surface area contributed by atoms with Crippen molar-refractivity contribution in [3.8, 4) is 11.5 Å². The van der Waals surface area contributed by atoms with Crippen LogP contribution in [0.15, 0.2) is 113 Å². The molecule has 4 aromatic rings. The molecule has 1 heterocycles. The number of aliphatic imine (C=N–C) groups is 1. The van der Waals surface area contributed by atoms with Gasteiger partial charge in [-0.25, -0.2) is 10.4 Å². The van der Waals surface area contributed by atoms with Gasteiger partial charge in [-0.05, 0) is 65.6 Å². The first-order chi connectivity index (χ1) is 21.5. The summed E-state index contributed by atoms with van der Waals surface area (Å²) >= 11 is 3.67. The van der Waals surface area contributed by atoms with E-state index in [1.165, 1.54) is 5.56 Å². The SMILES string of the molecule is COc1cccc([C@@H]2OC(c3ccc(OCCCO)cc3)=N[C@]2(Cc2ccccc2Br)C(=O)NNCCc2ccccc2)c1. The minimum absolute atomic E-state index is 0.0666. The molecule has 0 radical (unpaired) electrons. The predicted molar refractivity (Wildman–Crippen MR) is 174 cm³/mol. The number of hydrogen-bond donors (Lipinski definition) is 3. The van der Waals surface area contributed by atoms with E-state index in [1.54, 1.807) is 7.11 Å². The molecule has 0 saturated heterocycles. The summed E-state index contributed by atoms with van der Waals surface area (Å²) in [5.74, 6) is 1.37. The molecule has 2 atom stereocenters. The fourth-order valence-electron chi connectivity index (χ4n) is 5.12. The van der Waals surface area contributed by atoms with Gasteiger partial charge in [0, 0.05) is 36.0 Å². The Bertz CT molecular complexity index is 1560. The lowest BCUT2D eigenvalue weighted by Gasteiger charge is -2.31. The number of ether oxygens (including phenoxy) is 3. The van der Waals surface area contributed by atoms with Gasteiger partial charge in [0.25, 0.3) is 5.91 Å². The number of halogens is 1. The van der Waals surface area contributed by atoms with Gasteiger partial charge >= 0.3 is 0 Å². The standard InChI is InChI=1S/C35H36BrN3O5/c1-42-30-13-7-12-27(23-30)32-35(24-28-11-5-6-14-31(28)36,34(41)39-37-20-19-25-9-3-2-4-10-25)38-33(44-32)26-15-17-29(18-16-26)43-22-8-21-40/h2-7,9-18,23,32,37,40H,8,19-22,24H2,1H3,(H,39,41)/t32-,35-/m0/s1. The van der Waals surface area contributed by atoms with Gasteiger partial charge in [-0.3, -0.25) is 10.2 Å². The maximum Gasteiger partial charge on any atom is 0.266 e. The zero-order chi connectivity index (χ0) is 30.8. The third-order valence-electron chi connectivity index (χ3n) is 7.43. The van der Waals surface area contributed by atoms with Crippen LogP contribution in [0.4, 0.5) is 0 Å². The van der Waals surface area contributed by atoms with Gasteiger partial charge in [0.2, 0.25) is 5.90 Å². The average Bonchev–Trinajstić information content (AvgIpc) is 3.45. The van der Waals surface area contributed by atoms with Crippen LogP contribution < -0.4 is 20.3 Å². The number of aliphatic hydroxyl groups is 1. The van der Waals surface area contributed by atoms with E-state index >= 15 is 0 Å². The molecule has 1 amide bonds. The maximum atomic E-state index is 14.4. The predicted octanol–water partition coefficient (Wildman–Crippen LogP) is 5.58. The average molecular weight is 659 g/mol. The summed E-state index contributed by atoms with van der Waals surface area (Å²) in [6, 6.07) is 32.8. The Kier molecular flexibility index (Phi) is 10.7. The first kappa shape index (κ1) is 31.3. The van der Waals surface area contributed by atoms with Gasteiger partial charge in [0.1, 0.15) is 11.5 Å². The monoisotopic (exact) mass is 657 g/mol. The molecule has 0 saturated carbocycles. The summed E-state index contributed by atoms with van der Waals surface area (Å²) in [7, 11) is 1.61. The van der Waals surface area contributed by atoms with Crippen molar-refractivity contribution in [2.45, 2.75) is 30.9 Å². The number of carbonyl (C=O) groups is 1. The summed E-state index contributed by atoms with van der Waals surface area (Å²) in [4.78, 5) is 19.5. The van der Waals surface area contributed by atoms with Crippen molar-refractivity contribution in [1.82, 2.24) is 10.9 Å². The lowest BCUT2D eigenvalue weighted by molar-refractivity contribution is -0.130. The Labute approximate surface area is 266 Å². The van der Waals surface area contributed by atoms with Gasteiger partial charge < -0.3 is 19.3 Å². The maximum absolute atomic E-state index is 14.4. The molecule has 0 bridgehead atoms. The molecular weight excluding hydrogens is 622 g/mol. The molecule has 0 fully saturated rings. The second kappa shape index (κ2) is 15.0. The molecule has 1 aliphatic heterocycles. The quantitative estimate of drug-likeness (QED) is 0.121. The number of amides is 1. The molecule has 44 heavy (non-hydrogen) atoms. The van der Waals surface area contributed by atoms with Gasteiger partial charge in [-0.2, -0.15) is 0 Å². The van der Waals surface area contributed by atoms with Crippen LogP contribution in [0, 0.1) is 0 Å². The number of nitrogens with zero attached hydrogens (tertiary/aromatic N) is 1. The molecular formula is C35H36BrN3O5. The molecule has 4 aromatic carbocycles. The Morgan fingerprint density at radius 3 is 2.50 bits per heavy atom. The van der Waals surface area contributed by atoms with Crippen LogP contribution in [-0.2, 0) is 22.4 Å². The number of carbonyl (C=O) groups excluding carboxylic acids is 1. The fraction of sp³-hybridized carbons (Fsp3) is 0.257. The van der Waals surface area contributed by atoms with Crippen molar-refractivity contribution in [1.29, 1.82) is 0 Å². The minimum atomic E-state index is -1.36. The van der Waals surface area contributed by atoms with E-state index in [0.29, 0.717) is 42.5 Å². The van der Waals surface area contributed by atoms with E-state index < -0.39 is 11.6 Å². The normalized spacial score (nSPS) is 17.4. The highest BCUT2D eigenvalue weighted by molar-refractivity contribution is 9.10. The van der Waals surface area contributed by atoms with Crippen LogP contribution in [0.2, 0.25) is 0 Å². The lowest BCUT2D eigenvalue weighted by atomic mass is 9.82. The molecule has 0 spiro atoms. The number of rotatable bonds is 14. The van der Waals surface area contributed by atoms with Crippen LogP contribution in [0.25, 0.3) is 0 Å². The van der Waals surface area contributed by atoms with E-state index in [9.17, 15) is 4.79 Å². The Morgan fingerprint density at radius 2 is 1.75 bits per heavy atom. The Morgan fingerprint density at radius 1 is 0.977 bits per heavy atom. The first-order valence-electron chi connectivity index (χ1n) is 14.6.